The third-order valence-corrected chi connectivity index (χ3v) is 3.47. The molecule has 0 saturated carbocycles. The second kappa shape index (κ2) is 4.80. The number of benzene rings is 1. The molecular formula is C13H11BrN4. The lowest BCUT2D eigenvalue weighted by Gasteiger charge is -2.08. The zero-order chi connectivity index (χ0) is 12.4. The first-order valence-electron chi connectivity index (χ1n) is 5.68. The molecule has 0 amide bonds. The molecule has 4 nitrogen and oxygen atoms in total. The molecule has 0 unspecified atom stereocenters. The van der Waals surface area contributed by atoms with Crippen LogP contribution < -0.4 is 21.2 Å². The van der Waals surface area contributed by atoms with Crippen LogP contribution in [0, 0.1) is 0 Å². The molecular weight excluding hydrogens is 292 g/mol. The van der Waals surface area contributed by atoms with Crippen molar-refractivity contribution in [3.63, 3.8) is 0 Å². The number of halogens is 1. The second-order valence-electron chi connectivity index (χ2n) is 3.89. The van der Waals surface area contributed by atoms with Gasteiger partial charge in [0.05, 0.1) is 22.1 Å². The van der Waals surface area contributed by atoms with Gasteiger partial charge in [-0.1, -0.05) is 0 Å². The van der Waals surface area contributed by atoms with E-state index in [0.717, 1.165) is 39.8 Å². The van der Waals surface area contributed by atoms with Crippen LogP contribution >= 0.6 is 15.9 Å². The van der Waals surface area contributed by atoms with Crippen molar-refractivity contribution < 1.29 is 0 Å². The predicted octanol–water partition coefficient (Wildman–Crippen LogP) is 0.903. The topological polar surface area (TPSA) is 48.8 Å². The lowest BCUT2D eigenvalue weighted by atomic mass is 10.2. The highest BCUT2D eigenvalue weighted by Crippen LogP contribution is 2.16. The number of nitrogens with one attached hydrogen (secondary N) is 2. The van der Waals surface area contributed by atoms with Crippen LogP contribution in [0.1, 0.15) is 0 Å². The number of anilines is 1. The fourth-order valence-electron chi connectivity index (χ4n) is 1.81. The highest BCUT2D eigenvalue weighted by atomic mass is 79.9. The minimum atomic E-state index is 0.805. The molecule has 90 valence electrons. The van der Waals surface area contributed by atoms with Crippen molar-refractivity contribution in [3.8, 4) is 0 Å². The monoisotopic (exact) mass is 302 g/mol. The van der Waals surface area contributed by atoms with Gasteiger partial charge in [-0.05, 0) is 40.2 Å². The van der Waals surface area contributed by atoms with Crippen molar-refractivity contribution in [2.75, 3.05) is 18.4 Å². The molecule has 0 atom stereocenters. The molecule has 0 fully saturated rings. The Hall–Kier alpha value is -1.84. The predicted molar refractivity (Wildman–Crippen MR) is 76.0 cm³/mol. The Bertz CT molecular complexity index is 696. The lowest BCUT2D eigenvalue weighted by Crippen LogP contribution is -2.30. The molecule has 2 aliphatic heterocycles. The van der Waals surface area contributed by atoms with Crippen molar-refractivity contribution in [3.05, 3.63) is 45.5 Å². The summed E-state index contributed by atoms with van der Waals surface area (Å²) < 4.78 is 0.920. The third kappa shape index (κ3) is 2.10. The van der Waals surface area contributed by atoms with E-state index in [2.05, 4.69) is 42.3 Å². The van der Waals surface area contributed by atoms with Gasteiger partial charge in [-0.2, -0.15) is 0 Å². The van der Waals surface area contributed by atoms with Crippen molar-refractivity contribution in [1.29, 1.82) is 0 Å². The number of hydrogen-bond donors (Lipinski definition) is 2. The van der Waals surface area contributed by atoms with Gasteiger partial charge in [0.25, 0.3) is 0 Å². The van der Waals surface area contributed by atoms with Gasteiger partial charge in [0.1, 0.15) is 0 Å². The molecule has 1 aromatic carbocycles. The van der Waals surface area contributed by atoms with E-state index in [9.17, 15) is 0 Å². The number of hydrogen-bond acceptors (Lipinski definition) is 4. The van der Waals surface area contributed by atoms with Gasteiger partial charge in [0, 0.05) is 18.0 Å². The van der Waals surface area contributed by atoms with E-state index in [-0.39, 0.29) is 0 Å². The first kappa shape index (κ1) is 11.3. The summed E-state index contributed by atoms with van der Waals surface area (Å²) >= 11 is 3.58. The number of guanidine groups is 1. The van der Waals surface area contributed by atoms with Crippen LogP contribution in [0.5, 0.6) is 0 Å². The van der Waals surface area contributed by atoms with Crippen LogP contribution in [0.15, 0.2) is 44.9 Å². The molecule has 0 spiro atoms. The normalized spacial score (nSPS) is 15.9. The molecule has 0 saturated heterocycles. The molecule has 0 bridgehead atoms. The molecule has 1 aromatic rings. The minimum absolute atomic E-state index is 0.805. The average molecular weight is 303 g/mol. The van der Waals surface area contributed by atoms with Gasteiger partial charge in [-0.15, -0.1) is 5.73 Å². The van der Waals surface area contributed by atoms with Crippen molar-refractivity contribution in [2.24, 2.45) is 9.98 Å². The van der Waals surface area contributed by atoms with Gasteiger partial charge in [0.15, 0.2) is 5.96 Å². The smallest absolute Gasteiger partial charge is 0.195 e. The lowest BCUT2D eigenvalue weighted by molar-refractivity contribution is 0.959. The number of fused-ring (bicyclic) bond motifs is 1. The number of aliphatic imine (C=N–C) groups is 1. The summed E-state index contributed by atoms with van der Waals surface area (Å²) in [5.41, 5.74) is 4.12. The van der Waals surface area contributed by atoms with E-state index >= 15 is 0 Å². The Kier molecular flexibility index (Phi) is 3.00. The summed E-state index contributed by atoms with van der Waals surface area (Å²) in [6, 6.07) is 3.98. The van der Waals surface area contributed by atoms with Crippen molar-refractivity contribution >= 4 is 33.3 Å². The van der Waals surface area contributed by atoms with Crippen LogP contribution in [0.25, 0.3) is 5.73 Å². The molecule has 0 aliphatic carbocycles. The van der Waals surface area contributed by atoms with Crippen molar-refractivity contribution in [1.82, 2.24) is 5.32 Å². The summed E-state index contributed by atoms with van der Waals surface area (Å²) in [7, 11) is 0. The number of nitrogens with zero attached hydrogens (tertiary/aromatic N) is 2. The van der Waals surface area contributed by atoms with Crippen LogP contribution in [0.4, 0.5) is 5.69 Å². The largest absolute Gasteiger partial charge is 0.354 e. The number of allylic oxidation sites excluding steroid dienone is 2. The zero-order valence-electron chi connectivity index (χ0n) is 9.57. The molecule has 0 aromatic heterocycles. The van der Waals surface area contributed by atoms with Crippen LogP contribution in [0.2, 0.25) is 0 Å². The summed E-state index contributed by atoms with van der Waals surface area (Å²) in [5, 5.41) is 8.28. The van der Waals surface area contributed by atoms with E-state index in [0.29, 0.717) is 0 Å². The first-order chi connectivity index (χ1) is 8.84. The van der Waals surface area contributed by atoms with Gasteiger partial charge in [-0.25, -0.2) is 0 Å². The maximum atomic E-state index is 4.40. The van der Waals surface area contributed by atoms with Gasteiger partial charge >= 0.3 is 0 Å². The molecule has 2 aliphatic rings. The first-order valence-corrected chi connectivity index (χ1v) is 6.47. The SMILES string of the molecule is Brc1c(NC2=NCCN2)ccc2c1=NC=CC=C=2. The highest BCUT2D eigenvalue weighted by Gasteiger charge is 2.08. The van der Waals surface area contributed by atoms with Crippen LogP contribution in [0.3, 0.4) is 0 Å². The fourth-order valence-corrected chi connectivity index (χ4v) is 2.36. The van der Waals surface area contributed by atoms with E-state index in [1.54, 1.807) is 6.20 Å². The number of rotatable bonds is 1. The molecule has 2 N–H and O–H groups in total. The molecule has 3 rings (SSSR count). The Balaban J connectivity index is 2.09. The van der Waals surface area contributed by atoms with Gasteiger partial charge in [0.2, 0.25) is 0 Å². The van der Waals surface area contributed by atoms with Gasteiger partial charge in [-0.3, -0.25) is 9.98 Å². The summed E-state index contributed by atoms with van der Waals surface area (Å²) in [6.45, 7) is 1.70. The summed E-state index contributed by atoms with van der Waals surface area (Å²) in [5.74, 6) is 0.805. The highest BCUT2D eigenvalue weighted by molar-refractivity contribution is 9.10. The summed E-state index contributed by atoms with van der Waals surface area (Å²) in [4.78, 5) is 8.71. The van der Waals surface area contributed by atoms with E-state index < -0.39 is 0 Å². The molecule has 0 radical (unpaired) electrons. The quantitative estimate of drug-likeness (QED) is 0.810. The standard InChI is InChI=1S/C13H11BrN4/c14-11-10(18-13-16-7-8-17-13)5-4-9-3-1-2-6-15-12(9)11/h1-2,4-6H,7-8H2,(H2,16,17,18). The Morgan fingerprint density at radius 2 is 2.33 bits per heavy atom. The van der Waals surface area contributed by atoms with Crippen LogP contribution in [-0.4, -0.2) is 19.0 Å². The van der Waals surface area contributed by atoms with E-state index in [1.165, 1.54) is 0 Å². The van der Waals surface area contributed by atoms with E-state index in [1.807, 2.05) is 24.3 Å². The third-order valence-electron chi connectivity index (χ3n) is 2.67. The summed E-state index contributed by atoms with van der Waals surface area (Å²) in [6.07, 6.45) is 5.48. The fraction of sp³-hybridized carbons (Fsp3) is 0.154. The van der Waals surface area contributed by atoms with E-state index in [4.69, 9.17) is 0 Å². The average Bonchev–Trinajstić information content (AvgIpc) is 2.76. The molecule has 5 heteroatoms. The van der Waals surface area contributed by atoms with Crippen molar-refractivity contribution in [2.45, 2.75) is 0 Å². The second-order valence-corrected chi connectivity index (χ2v) is 4.68. The Morgan fingerprint density at radius 3 is 3.17 bits per heavy atom. The Morgan fingerprint density at radius 1 is 1.39 bits per heavy atom. The zero-order valence-corrected chi connectivity index (χ0v) is 11.2. The minimum Gasteiger partial charge on any atom is -0.354 e. The van der Waals surface area contributed by atoms with Crippen LogP contribution in [-0.2, 0) is 0 Å². The molecule has 18 heavy (non-hydrogen) atoms. The maximum absolute atomic E-state index is 4.40. The van der Waals surface area contributed by atoms with Gasteiger partial charge < -0.3 is 10.6 Å². The Labute approximate surface area is 113 Å². The molecule has 2 heterocycles. The maximum Gasteiger partial charge on any atom is 0.195 e.